The molecule has 0 radical (unpaired) electrons. The van der Waals surface area contributed by atoms with Gasteiger partial charge < -0.3 is 5.32 Å². The Bertz CT molecular complexity index is 371. The molecule has 1 amide bonds. The van der Waals surface area contributed by atoms with Crippen LogP contribution in [0.1, 0.15) is 16.8 Å². The maximum absolute atomic E-state index is 11.8. The van der Waals surface area contributed by atoms with Crippen molar-refractivity contribution in [3.8, 4) is 0 Å². The second kappa shape index (κ2) is 5.19. The van der Waals surface area contributed by atoms with Gasteiger partial charge in [-0.05, 0) is 18.6 Å². The van der Waals surface area contributed by atoms with Crippen LogP contribution >= 0.6 is 27.5 Å². The molecule has 1 aliphatic carbocycles. The summed E-state index contributed by atoms with van der Waals surface area (Å²) in [5.74, 6) is 0.328. The monoisotopic (exact) mass is 301 g/mol. The Morgan fingerprint density at radius 1 is 1.44 bits per heavy atom. The molecular formula is C12H13BrClNO. The highest BCUT2D eigenvalue weighted by atomic mass is 79.9. The summed E-state index contributed by atoms with van der Waals surface area (Å²) in [4.78, 5) is 11.8. The zero-order chi connectivity index (χ0) is 11.5. The van der Waals surface area contributed by atoms with E-state index < -0.39 is 0 Å². The highest BCUT2D eigenvalue weighted by Gasteiger charge is 2.39. The normalized spacial score (nSPS) is 28.2. The first-order valence-electron chi connectivity index (χ1n) is 5.28. The molecule has 1 aromatic carbocycles. The first kappa shape index (κ1) is 11.9. The molecule has 1 saturated carbocycles. The van der Waals surface area contributed by atoms with Crippen LogP contribution in [0.5, 0.6) is 0 Å². The third kappa shape index (κ3) is 2.41. The average molecular weight is 303 g/mol. The van der Waals surface area contributed by atoms with E-state index in [-0.39, 0.29) is 17.3 Å². The van der Waals surface area contributed by atoms with Gasteiger partial charge in [0.25, 0.3) is 5.91 Å². The van der Waals surface area contributed by atoms with Crippen molar-refractivity contribution >= 4 is 33.4 Å². The topological polar surface area (TPSA) is 29.1 Å². The molecule has 86 valence electrons. The zero-order valence-electron chi connectivity index (χ0n) is 8.70. The number of hydrogen-bond acceptors (Lipinski definition) is 1. The van der Waals surface area contributed by atoms with Crippen LogP contribution < -0.4 is 5.32 Å². The van der Waals surface area contributed by atoms with Crippen molar-refractivity contribution in [2.45, 2.75) is 17.8 Å². The average Bonchev–Trinajstić information content (AvgIpc) is 2.30. The van der Waals surface area contributed by atoms with Gasteiger partial charge in [0.15, 0.2) is 0 Å². The minimum atomic E-state index is -0.0138. The number of benzene rings is 1. The van der Waals surface area contributed by atoms with Gasteiger partial charge in [0, 0.05) is 28.2 Å². The number of halogens is 2. The van der Waals surface area contributed by atoms with Gasteiger partial charge in [-0.25, -0.2) is 0 Å². The smallest absolute Gasteiger partial charge is 0.251 e. The Morgan fingerprint density at radius 2 is 2.12 bits per heavy atom. The fourth-order valence-electron chi connectivity index (χ4n) is 1.86. The maximum atomic E-state index is 11.8. The van der Waals surface area contributed by atoms with Crippen molar-refractivity contribution in [3.05, 3.63) is 35.9 Å². The summed E-state index contributed by atoms with van der Waals surface area (Å²) < 4.78 is 0. The number of hydrogen-bond donors (Lipinski definition) is 1. The lowest BCUT2D eigenvalue weighted by Gasteiger charge is -2.40. The quantitative estimate of drug-likeness (QED) is 0.855. The highest BCUT2D eigenvalue weighted by molar-refractivity contribution is 9.09. The van der Waals surface area contributed by atoms with Crippen LogP contribution in [0.3, 0.4) is 0 Å². The van der Waals surface area contributed by atoms with E-state index in [1.54, 1.807) is 0 Å². The van der Waals surface area contributed by atoms with E-state index in [0.717, 1.165) is 11.8 Å². The number of nitrogens with one attached hydrogen (secondary N) is 1. The molecule has 2 nitrogen and oxygen atoms in total. The summed E-state index contributed by atoms with van der Waals surface area (Å²) >= 11 is 9.48. The van der Waals surface area contributed by atoms with Gasteiger partial charge in [-0.1, -0.05) is 34.1 Å². The first-order valence-corrected chi connectivity index (χ1v) is 6.84. The van der Waals surface area contributed by atoms with E-state index in [4.69, 9.17) is 11.6 Å². The number of carbonyl (C=O) groups excluding carboxylic acids is 1. The van der Waals surface area contributed by atoms with Gasteiger partial charge in [-0.15, -0.1) is 11.6 Å². The second-order valence-corrected chi connectivity index (χ2v) is 5.22. The van der Waals surface area contributed by atoms with Crippen molar-refractivity contribution < 1.29 is 4.79 Å². The summed E-state index contributed by atoms with van der Waals surface area (Å²) in [5, 5.41) is 4.03. The lowest BCUT2D eigenvalue weighted by molar-refractivity contribution is 0.0890. The molecule has 0 heterocycles. The van der Waals surface area contributed by atoms with Crippen LogP contribution in [0.4, 0.5) is 0 Å². The minimum absolute atomic E-state index is 0.0138. The van der Waals surface area contributed by atoms with E-state index in [9.17, 15) is 4.79 Å². The Balaban J connectivity index is 1.94. The van der Waals surface area contributed by atoms with E-state index in [1.807, 2.05) is 30.3 Å². The van der Waals surface area contributed by atoms with Crippen LogP contribution in [-0.4, -0.2) is 22.7 Å². The molecule has 0 aromatic heterocycles. The summed E-state index contributed by atoms with van der Waals surface area (Å²) in [6.07, 6.45) is 0.858. The molecule has 0 saturated heterocycles. The third-order valence-electron chi connectivity index (χ3n) is 2.99. The fraction of sp³-hybridized carbons (Fsp3) is 0.417. The molecule has 0 spiro atoms. The van der Waals surface area contributed by atoms with E-state index in [0.29, 0.717) is 11.5 Å². The van der Waals surface area contributed by atoms with Crippen molar-refractivity contribution in [1.29, 1.82) is 0 Å². The summed E-state index contributed by atoms with van der Waals surface area (Å²) in [7, 11) is 0. The summed E-state index contributed by atoms with van der Waals surface area (Å²) in [5.41, 5.74) is 0.703. The molecule has 3 unspecified atom stereocenters. The molecule has 2 rings (SSSR count). The van der Waals surface area contributed by atoms with Gasteiger partial charge in [-0.3, -0.25) is 4.79 Å². The van der Waals surface area contributed by atoms with Crippen LogP contribution in [0, 0.1) is 5.92 Å². The largest absolute Gasteiger partial charge is 0.349 e. The van der Waals surface area contributed by atoms with Gasteiger partial charge in [0.1, 0.15) is 0 Å². The number of alkyl halides is 2. The van der Waals surface area contributed by atoms with Gasteiger partial charge in [0.05, 0.1) is 0 Å². The molecular weight excluding hydrogens is 289 g/mol. The molecule has 16 heavy (non-hydrogen) atoms. The summed E-state index contributed by atoms with van der Waals surface area (Å²) in [6.45, 7) is 0. The Morgan fingerprint density at radius 3 is 2.69 bits per heavy atom. The van der Waals surface area contributed by atoms with Gasteiger partial charge >= 0.3 is 0 Å². The van der Waals surface area contributed by atoms with Crippen LogP contribution in [0.15, 0.2) is 30.3 Å². The SMILES string of the molecule is O=C(NC1CC(Cl)C1CBr)c1ccccc1. The predicted molar refractivity (Wildman–Crippen MR) is 69.2 cm³/mol. The molecule has 0 bridgehead atoms. The van der Waals surface area contributed by atoms with Gasteiger partial charge in [0.2, 0.25) is 0 Å². The van der Waals surface area contributed by atoms with Crippen LogP contribution in [0.2, 0.25) is 0 Å². The Hall–Kier alpha value is -0.540. The van der Waals surface area contributed by atoms with E-state index in [1.165, 1.54) is 0 Å². The Kier molecular flexibility index (Phi) is 3.87. The van der Waals surface area contributed by atoms with Crippen molar-refractivity contribution in [3.63, 3.8) is 0 Å². The predicted octanol–water partition coefficient (Wildman–Crippen LogP) is 2.81. The first-order chi connectivity index (χ1) is 7.72. The molecule has 0 aliphatic heterocycles. The molecule has 1 N–H and O–H groups in total. The lowest BCUT2D eigenvalue weighted by atomic mass is 9.80. The zero-order valence-corrected chi connectivity index (χ0v) is 11.0. The molecule has 1 aromatic rings. The van der Waals surface area contributed by atoms with Crippen LogP contribution in [0.25, 0.3) is 0 Å². The lowest BCUT2D eigenvalue weighted by Crippen LogP contribution is -2.54. The number of carbonyl (C=O) groups is 1. The van der Waals surface area contributed by atoms with Crippen molar-refractivity contribution in [1.82, 2.24) is 5.32 Å². The third-order valence-corrected chi connectivity index (χ3v) is 4.24. The molecule has 3 atom stereocenters. The number of amides is 1. The van der Waals surface area contributed by atoms with E-state index >= 15 is 0 Å². The van der Waals surface area contributed by atoms with Crippen molar-refractivity contribution in [2.24, 2.45) is 5.92 Å². The van der Waals surface area contributed by atoms with E-state index in [2.05, 4.69) is 21.2 Å². The standard InChI is InChI=1S/C12H13BrClNO/c13-7-9-10(14)6-11(9)15-12(16)8-4-2-1-3-5-8/h1-5,9-11H,6-7H2,(H,15,16). The minimum Gasteiger partial charge on any atom is -0.349 e. The second-order valence-electron chi connectivity index (χ2n) is 4.02. The van der Waals surface area contributed by atoms with Gasteiger partial charge in [-0.2, -0.15) is 0 Å². The maximum Gasteiger partial charge on any atom is 0.251 e. The molecule has 1 fully saturated rings. The fourth-order valence-corrected chi connectivity index (χ4v) is 3.43. The van der Waals surface area contributed by atoms with Crippen molar-refractivity contribution in [2.75, 3.05) is 5.33 Å². The summed E-state index contributed by atoms with van der Waals surface area (Å²) in [6, 6.07) is 9.46. The number of rotatable bonds is 3. The highest BCUT2D eigenvalue weighted by Crippen LogP contribution is 2.34. The molecule has 1 aliphatic rings. The molecule has 4 heteroatoms. The Labute approximate surface area is 108 Å². The van der Waals surface area contributed by atoms with Crippen LogP contribution in [-0.2, 0) is 0 Å².